The normalized spacial score (nSPS) is 15.1. The average Bonchev–Trinajstić information content (AvgIpc) is 2.68. The number of rotatable bonds is 11. The Balaban J connectivity index is 1.58. The summed E-state index contributed by atoms with van der Waals surface area (Å²) in [5.74, 6) is 0.0319. The minimum absolute atomic E-state index is 0.0619. The summed E-state index contributed by atoms with van der Waals surface area (Å²) in [7, 11) is 0. The second kappa shape index (κ2) is 11.9. The van der Waals surface area contributed by atoms with E-state index in [4.69, 9.17) is 0 Å². The molecule has 1 aromatic carbocycles. The zero-order valence-electron chi connectivity index (χ0n) is 16.6. The summed E-state index contributed by atoms with van der Waals surface area (Å²) in [6.07, 6.45) is 7.82. The van der Waals surface area contributed by atoms with E-state index >= 15 is 0 Å². The molecule has 0 aromatic heterocycles. The predicted molar refractivity (Wildman–Crippen MR) is 106 cm³/mol. The molecule has 0 spiro atoms. The number of nitrogens with zero attached hydrogens (tertiary/aromatic N) is 2. The molecule has 5 heteroatoms. The van der Waals surface area contributed by atoms with E-state index in [1.165, 1.54) is 31.4 Å². The number of piperazine rings is 1. The van der Waals surface area contributed by atoms with Gasteiger partial charge in [0.1, 0.15) is 5.82 Å². The van der Waals surface area contributed by atoms with Gasteiger partial charge in [0.25, 0.3) is 0 Å². The van der Waals surface area contributed by atoms with Crippen LogP contribution in [0.1, 0.15) is 68.6 Å². The first-order chi connectivity index (χ1) is 13.1. The lowest BCUT2D eigenvalue weighted by Crippen LogP contribution is -2.48. The van der Waals surface area contributed by atoms with Crippen LogP contribution in [0.3, 0.4) is 0 Å². The highest BCUT2D eigenvalue weighted by Gasteiger charge is 2.20. The average molecular weight is 377 g/mol. The molecule has 0 atom stereocenters. The third kappa shape index (κ3) is 7.79. The van der Waals surface area contributed by atoms with Crippen LogP contribution in [-0.2, 0) is 4.79 Å². The van der Waals surface area contributed by atoms with Crippen molar-refractivity contribution in [1.29, 1.82) is 0 Å². The minimum atomic E-state index is -0.320. The highest BCUT2D eigenvalue weighted by atomic mass is 19.1. The molecule has 0 aliphatic carbocycles. The summed E-state index contributed by atoms with van der Waals surface area (Å²) in [5, 5.41) is 0. The third-order valence-electron chi connectivity index (χ3n) is 5.26. The van der Waals surface area contributed by atoms with Crippen molar-refractivity contribution in [3.05, 3.63) is 35.6 Å². The first-order valence-electron chi connectivity index (χ1n) is 10.4. The molecule has 0 unspecified atom stereocenters. The van der Waals surface area contributed by atoms with Crippen molar-refractivity contribution < 1.29 is 14.0 Å². The Bertz CT molecular complexity index is 580. The minimum Gasteiger partial charge on any atom is -0.340 e. The van der Waals surface area contributed by atoms with Gasteiger partial charge in [-0.1, -0.05) is 32.6 Å². The molecule has 1 saturated heterocycles. The van der Waals surface area contributed by atoms with Crippen LogP contribution < -0.4 is 0 Å². The van der Waals surface area contributed by atoms with Crippen LogP contribution in [0.2, 0.25) is 0 Å². The largest absolute Gasteiger partial charge is 0.340 e. The van der Waals surface area contributed by atoms with Gasteiger partial charge in [0.2, 0.25) is 5.91 Å². The Kier molecular flexibility index (Phi) is 9.46. The number of Topliss-reactive ketones (excluding diaryl/α,β-unsaturated/α-hetero) is 1. The Morgan fingerprint density at radius 3 is 2.22 bits per heavy atom. The number of amides is 1. The third-order valence-corrected chi connectivity index (χ3v) is 5.26. The molecule has 27 heavy (non-hydrogen) atoms. The Hall–Kier alpha value is -1.75. The van der Waals surface area contributed by atoms with Gasteiger partial charge in [-0.15, -0.1) is 0 Å². The SMILES string of the molecule is CCCCCCCC(=O)N1CCN(CCCC(=O)c2ccc(F)cc2)CC1. The fourth-order valence-electron chi connectivity index (χ4n) is 3.50. The number of benzene rings is 1. The van der Waals surface area contributed by atoms with Gasteiger partial charge in [-0.3, -0.25) is 14.5 Å². The number of halogens is 1. The number of unbranched alkanes of at least 4 members (excludes halogenated alkanes) is 4. The zero-order valence-corrected chi connectivity index (χ0v) is 16.6. The van der Waals surface area contributed by atoms with Gasteiger partial charge in [-0.2, -0.15) is 0 Å². The quantitative estimate of drug-likeness (QED) is 0.427. The molecule has 150 valence electrons. The number of carbonyl (C=O) groups excluding carboxylic acids is 2. The van der Waals surface area contributed by atoms with Crippen molar-refractivity contribution in [1.82, 2.24) is 9.80 Å². The van der Waals surface area contributed by atoms with Crippen LogP contribution in [0.5, 0.6) is 0 Å². The second-order valence-corrected chi connectivity index (χ2v) is 7.42. The zero-order chi connectivity index (χ0) is 19.5. The van der Waals surface area contributed by atoms with Crippen LogP contribution >= 0.6 is 0 Å². The van der Waals surface area contributed by atoms with E-state index < -0.39 is 0 Å². The maximum atomic E-state index is 12.9. The second-order valence-electron chi connectivity index (χ2n) is 7.42. The van der Waals surface area contributed by atoms with Gasteiger partial charge >= 0.3 is 0 Å². The molecule has 1 amide bonds. The van der Waals surface area contributed by atoms with Crippen molar-refractivity contribution in [3.8, 4) is 0 Å². The van der Waals surface area contributed by atoms with Crippen molar-refractivity contribution >= 4 is 11.7 Å². The maximum Gasteiger partial charge on any atom is 0.222 e. The van der Waals surface area contributed by atoms with E-state index in [2.05, 4.69) is 11.8 Å². The molecule has 0 N–H and O–H groups in total. The van der Waals surface area contributed by atoms with E-state index in [1.54, 1.807) is 12.1 Å². The van der Waals surface area contributed by atoms with Crippen molar-refractivity contribution in [2.45, 2.75) is 58.3 Å². The van der Waals surface area contributed by atoms with Crippen molar-refractivity contribution in [2.24, 2.45) is 0 Å². The summed E-state index contributed by atoms with van der Waals surface area (Å²) < 4.78 is 12.9. The van der Waals surface area contributed by atoms with Crippen molar-refractivity contribution in [3.63, 3.8) is 0 Å². The molecule has 1 heterocycles. The first kappa shape index (κ1) is 21.5. The smallest absolute Gasteiger partial charge is 0.222 e. The molecule has 2 rings (SSSR count). The number of hydrogen-bond donors (Lipinski definition) is 0. The maximum absolute atomic E-state index is 12.9. The number of ketones is 1. The molecule has 1 aliphatic heterocycles. The van der Waals surface area contributed by atoms with Crippen LogP contribution in [-0.4, -0.2) is 54.2 Å². The summed E-state index contributed by atoms with van der Waals surface area (Å²) in [5.41, 5.74) is 0.575. The molecule has 1 aromatic rings. The van der Waals surface area contributed by atoms with Crippen LogP contribution in [0.15, 0.2) is 24.3 Å². The Morgan fingerprint density at radius 2 is 1.56 bits per heavy atom. The molecule has 0 saturated carbocycles. The van der Waals surface area contributed by atoms with E-state index in [0.29, 0.717) is 18.4 Å². The van der Waals surface area contributed by atoms with Crippen molar-refractivity contribution in [2.75, 3.05) is 32.7 Å². The molecule has 1 fully saturated rings. The van der Waals surface area contributed by atoms with E-state index in [-0.39, 0.29) is 17.5 Å². The lowest BCUT2D eigenvalue weighted by atomic mass is 10.1. The standard InChI is InChI=1S/C22H33FN2O2/c1-2-3-4-5-6-9-22(27)25-17-15-24(16-18-25)14-7-8-21(26)19-10-12-20(23)13-11-19/h10-13H,2-9,14-18H2,1H3. The molecular weight excluding hydrogens is 343 g/mol. The fourth-order valence-corrected chi connectivity index (χ4v) is 3.50. The molecular formula is C22H33FN2O2. The highest BCUT2D eigenvalue weighted by molar-refractivity contribution is 5.95. The predicted octanol–water partition coefficient (Wildman–Crippen LogP) is 4.29. The van der Waals surface area contributed by atoms with Gasteiger partial charge in [0.05, 0.1) is 0 Å². The number of carbonyl (C=O) groups is 2. The lowest BCUT2D eigenvalue weighted by Gasteiger charge is -2.34. The molecule has 4 nitrogen and oxygen atoms in total. The van der Waals surface area contributed by atoms with Crippen LogP contribution in [0, 0.1) is 5.82 Å². The number of hydrogen-bond acceptors (Lipinski definition) is 3. The lowest BCUT2D eigenvalue weighted by molar-refractivity contribution is -0.133. The summed E-state index contributed by atoms with van der Waals surface area (Å²) in [6, 6.07) is 5.75. The summed E-state index contributed by atoms with van der Waals surface area (Å²) in [6.45, 7) is 6.41. The highest BCUT2D eigenvalue weighted by Crippen LogP contribution is 2.11. The van der Waals surface area contributed by atoms with Gasteiger partial charge in [-0.25, -0.2) is 4.39 Å². The fraction of sp³-hybridized carbons (Fsp3) is 0.636. The summed E-state index contributed by atoms with van der Waals surface area (Å²) >= 11 is 0. The molecule has 1 aliphatic rings. The van der Waals surface area contributed by atoms with Crippen LogP contribution in [0.25, 0.3) is 0 Å². The van der Waals surface area contributed by atoms with Crippen LogP contribution in [0.4, 0.5) is 4.39 Å². The monoisotopic (exact) mass is 376 g/mol. The van der Waals surface area contributed by atoms with E-state index in [1.807, 2.05) is 4.90 Å². The first-order valence-corrected chi connectivity index (χ1v) is 10.4. The van der Waals surface area contributed by atoms with E-state index in [9.17, 15) is 14.0 Å². The topological polar surface area (TPSA) is 40.6 Å². The Labute approximate surface area is 162 Å². The molecule has 0 radical (unpaired) electrons. The summed E-state index contributed by atoms with van der Waals surface area (Å²) in [4.78, 5) is 28.7. The van der Waals surface area contributed by atoms with Gasteiger partial charge < -0.3 is 4.90 Å². The van der Waals surface area contributed by atoms with Gasteiger partial charge in [-0.05, 0) is 43.7 Å². The van der Waals surface area contributed by atoms with Gasteiger partial charge in [0, 0.05) is 44.6 Å². The molecule has 0 bridgehead atoms. The van der Waals surface area contributed by atoms with E-state index in [0.717, 1.165) is 52.0 Å². The van der Waals surface area contributed by atoms with Gasteiger partial charge in [0.15, 0.2) is 5.78 Å². The Morgan fingerprint density at radius 1 is 0.889 bits per heavy atom.